The van der Waals surface area contributed by atoms with Crippen LogP contribution in [-0.4, -0.2) is 31.5 Å². The molecule has 20 heavy (non-hydrogen) atoms. The molecule has 0 unspecified atom stereocenters. The Morgan fingerprint density at radius 3 is 2.65 bits per heavy atom. The summed E-state index contributed by atoms with van der Waals surface area (Å²) in [5.41, 5.74) is -0.0994. The van der Waals surface area contributed by atoms with Gasteiger partial charge in [-0.1, -0.05) is 0 Å². The van der Waals surface area contributed by atoms with E-state index in [9.17, 15) is 23.3 Å². The molecule has 0 radical (unpaired) electrons. The molecule has 1 amide bonds. The van der Waals surface area contributed by atoms with E-state index in [1.807, 2.05) is 0 Å². The first-order valence-corrected chi connectivity index (χ1v) is 7.94. The van der Waals surface area contributed by atoms with Crippen molar-refractivity contribution in [2.24, 2.45) is 5.14 Å². The van der Waals surface area contributed by atoms with Crippen LogP contribution in [0.3, 0.4) is 0 Å². The van der Waals surface area contributed by atoms with Crippen LogP contribution >= 0.6 is 15.9 Å². The second-order valence-corrected chi connectivity index (χ2v) is 6.49. The van der Waals surface area contributed by atoms with Gasteiger partial charge in [0.1, 0.15) is 0 Å². The van der Waals surface area contributed by atoms with Gasteiger partial charge in [0, 0.05) is 18.2 Å². The normalized spacial score (nSPS) is 11.1. The van der Waals surface area contributed by atoms with Crippen LogP contribution in [0.1, 0.15) is 16.8 Å². The van der Waals surface area contributed by atoms with Crippen molar-refractivity contribution in [1.82, 2.24) is 5.32 Å². The smallest absolute Gasteiger partial charge is 0.284 e. The van der Waals surface area contributed by atoms with Gasteiger partial charge in [0.2, 0.25) is 10.0 Å². The maximum absolute atomic E-state index is 11.7. The van der Waals surface area contributed by atoms with Crippen LogP contribution in [-0.2, 0) is 10.0 Å². The first-order chi connectivity index (χ1) is 9.20. The molecule has 1 aromatic carbocycles. The van der Waals surface area contributed by atoms with Gasteiger partial charge >= 0.3 is 0 Å². The Labute approximate surface area is 123 Å². The lowest BCUT2D eigenvalue weighted by molar-refractivity contribution is -0.385. The molecule has 8 nitrogen and oxygen atoms in total. The summed E-state index contributed by atoms with van der Waals surface area (Å²) in [4.78, 5) is 21.8. The lowest BCUT2D eigenvalue weighted by Gasteiger charge is -2.05. The fourth-order valence-electron chi connectivity index (χ4n) is 1.37. The van der Waals surface area contributed by atoms with E-state index in [1.54, 1.807) is 0 Å². The van der Waals surface area contributed by atoms with Crippen molar-refractivity contribution in [3.63, 3.8) is 0 Å². The van der Waals surface area contributed by atoms with E-state index >= 15 is 0 Å². The molecular formula is C10H12BrN3O5S. The zero-order valence-electron chi connectivity index (χ0n) is 10.2. The third-order valence-corrected chi connectivity index (χ3v) is 3.82. The van der Waals surface area contributed by atoms with E-state index in [0.717, 1.165) is 6.07 Å². The number of nitro benzene ring substituents is 1. The molecule has 0 aliphatic rings. The number of primary sulfonamides is 1. The Morgan fingerprint density at radius 2 is 2.10 bits per heavy atom. The van der Waals surface area contributed by atoms with Gasteiger partial charge in [0.15, 0.2) is 0 Å². The van der Waals surface area contributed by atoms with Crippen LogP contribution < -0.4 is 10.5 Å². The molecule has 0 saturated heterocycles. The summed E-state index contributed by atoms with van der Waals surface area (Å²) in [7, 11) is -3.56. The van der Waals surface area contributed by atoms with Crippen molar-refractivity contribution in [3.8, 4) is 0 Å². The van der Waals surface area contributed by atoms with Crippen molar-refractivity contribution in [2.75, 3.05) is 12.3 Å². The van der Waals surface area contributed by atoms with Gasteiger partial charge in [-0.25, -0.2) is 13.6 Å². The quantitative estimate of drug-likeness (QED) is 0.436. The molecule has 0 saturated carbocycles. The van der Waals surface area contributed by atoms with Crippen LogP contribution in [0.2, 0.25) is 0 Å². The summed E-state index contributed by atoms with van der Waals surface area (Å²) in [6, 6.07) is 3.96. The zero-order valence-corrected chi connectivity index (χ0v) is 12.6. The summed E-state index contributed by atoms with van der Waals surface area (Å²) in [5.74, 6) is -0.761. The average molecular weight is 366 g/mol. The minimum atomic E-state index is -3.56. The van der Waals surface area contributed by atoms with Gasteiger partial charge in [-0.2, -0.15) is 0 Å². The van der Waals surface area contributed by atoms with Gasteiger partial charge < -0.3 is 5.32 Å². The Hall–Kier alpha value is -1.52. The van der Waals surface area contributed by atoms with E-state index in [0.29, 0.717) is 0 Å². The predicted molar refractivity (Wildman–Crippen MR) is 75.7 cm³/mol. The number of carbonyl (C=O) groups is 1. The molecule has 1 rings (SSSR count). The molecule has 0 atom stereocenters. The van der Waals surface area contributed by atoms with E-state index in [2.05, 4.69) is 21.2 Å². The third-order valence-electron chi connectivity index (χ3n) is 2.30. The maximum Gasteiger partial charge on any atom is 0.284 e. The van der Waals surface area contributed by atoms with Gasteiger partial charge in [-0.15, -0.1) is 0 Å². The molecule has 0 aromatic heterocycles. The second kappa shape index (κ2) is 6.77. The van der Waals surface area contributed by atoms with Crippen molar-refractivity contribution >= 4 is 37.5 Å². The zero-order chi connectivity index (χ0) is 15.3. The van der Waals surface area contributed by atoms with Crippen LogP contribution in [0.5, 0.6) is 0 Å². The van der Waals surface area contributed by atoms with E-state index in [1.165, 1.54) is 12.1 Å². The monoisotopic (exact) mass is 365 g/mol. The number of hydrogen-bond acceptors (Lipinski definition) is 5. The summed E-state index contributed by atoms with van der Waals surface area (Å²) in [6.45, 7) is 0.110. The number of nitrogens with one attached hydrogen (secondary N) is 1. The predicted octanol–water partition coefficient (Wildman–Crippen LogP) is 0.766. The SMILES string of the molecule is NS(=O)(=O)CCCNC(=O)c1ccc(Br)c([N+](=O)[O-])c1. The van der Waals surface area contributed by atoms with Crippen LogP contribution in [0, 0.1) is 10.1 Å². The summed E-state index contributed by atoms with van der Waals surface area (Å²) in [6.07, 6.45) is 0.170. The highest BCUT2D eigenvalue weighted by molar-refractivity contribution is 9.10. The van der Waals surface area contributed by atoms with E-state index < -0.39 is 20.9 Å². The van der Waals surface area contributed by atoms with E-state index in [-0.39, 0.29) is 34.4 Å². The van der Waals surface area contributed by atoms with E-state index in [4.69, 9.17) is 5.14 Å². The van der Waals surface area contributed by atoms with Crippen molar-refractivity contribution in [3.05, 3.63) is 38.3 Å². The fraction of sp³-hybridized carbons (Fsp3) is 0.300. The molecule has 0 bridgehead atoms. The molecule has 110 valence electrons. The highest BCUT2D eigenvalue weighted by atomic mass is 79.9. The topological polar surface area (TPSA) is 132 Å². The number of benzene rings is 1. The Kier molecular flexibility index (Phi) is 5.60. The second-order valence-electron chi connectivity index (χ2n) is 3.90. The van der Waals surface area contributed by atoms with Crippen LogP contribution in [0.4, 0.5) is 5.69 Å². The molecule has 0 fully saturated rings. The Balaban J connectivity index is 2.64. The highest BCUT2D eigenvalue weighted by Crippen LogP contribution is 2.25. The lowest BCUT2D eigenvalue weighted by atomic mass is 10.2. The Morgan fingerprint density at radius 1 is 1.45 bits per heavy atom. The van der Waals surface area contributed by atoms with Crippen molar-refractivity contribution in [1.29, 1.82) is 0 Å². The van der Waals surface area contributed by atoms with Gasteiger partial charge in [-0.05, 0) is 34.5 Å². The van der Waals surface area contributed by atoms with Crippen LogP contribution in [0.15, 0.2) is 22.7 Å². The standard InChI is InChI=1S/C10H12BrN3O5S/c11-8-3-2-7(6-9(8)14(16)17)10(15)13-4-1-5-20(12,18)19/h2-3,6H,1,4-5H2,(H,13,15)(H2,12,18,19). The van der Waals surface area contributed by atoms with Gasteiger partial charge in [0.05, 0.1) is 15.1 Å². The number of rotatable bonds is 6. The number of nitrogens with zero attached hydrogens (tertiary/aromatic N) is 1. The number of hydrogen-bond donors (Lipinski definition) is 2. The van der Waals surface area contributed by atoms with Crippen molar-refractivity contribution < 1.29 is 18.1 Å². The molecule has 0 spiro atoms. The molecule has 0 aliphatic carbocycles. The molecular weight excluding hydrogens is 354 g/mol. The number of nitrogens with two attached hydrogens (primary N) is 1. The van der Waals surface area contributed by atoms with Gasteiger partial charge in [-0.3, -0.25) is 14.9 Å². The molecule has 10 heteroatoms. The number of nitro groups is 1. The first kappa shape index (κ1) is 16.5. The van der Waals surface area contributed by atoms with Crippen molar-refractivity contribution in [2.45, 2.75) is 6.42 Å². The van der Waals surface area contributed by atoms with Gasteiger partial charge in [0.25, 0.3) is 11.6 Å². The molecule has 0 heterocycles. The third kappa shape index (κ3) is 5.23. The fourth-order valence-corrected chi connectivity index (χ4v) is 2.31. The minimum absolute atomic E-state index is 0.110. The molecule has 0 aliphatic heterocycles. The highest BCUT2D eigenvalue weighted by Gasteiger charge is 2.15. The maximum atomic E-state index is 11.7. The number of carbonyl (C=O) groups excluding carboxylic acids is 1. The summed E-state index contributed by atoms with van der Waals surface area (Å²) >= 11 is 3.01. The Bertz CT molecular complexity index is 632. The average Bonchev–Trinajstić information content (AvgIpc) is 2.33. The number of halogens is 1. The largest absolute Gasteiger partial charge is 0.352 e. The molecule has 3 N–H and O–H groups in total. The van der Waals surface area contributed by atoms with Crippen LogP contribution in [0.25, 0.3) is 0 Å². The molecule has 1 aromatic rings. The summed E-state index contributed by atoms with van der Waals surface area (Å²) < 4.78 is 21.6. The summed E-state index contributed by atoms with van der Waals surface area (Å²) in [5, 5.41) is 18.0. The number of sulfonamides is 1. The first-order valence-electron chi connectivity index (χ1n) is 5.43. The lowest BCUT2D eigenvalue weighted by Crippen LogP contribution is -2.27. The number of amides is 1. The minimum Gasteiger partial charge on any atom is -0.352 e.